The van der Waals surface area contributed by atoms with Crippen LogP contribution in [0.15, 0.2) is 18.2 Å². The topological polar surface area (TPSA) is 88.2 Å². The first-order chi connectivity index (χ1) is 8.70. The van der Waals surface area contributed by atoms with Gasteiger partial charge >= 0.3 is 0 Å². The molecule has 0 radical (unpaired) electrons. The zero-order valence-electron chi connectivity index (χ0n) is 9.76. The van der Waals surface area contributed by atoms with Crippen LogP contribution in [-0.4, -0.2) is 24.7 Å². The lowest BCUT2D eigenvalue weighted by molar-refractivity contribution is -0.385. The third-order valence-corrected chi connectivity index (χ3v) is 2.93. The van der Waals surface area contributed by atoms with Crippen molar-refractivity contribution in [2.45, 2.75) is 6.42 Å². The lowest BCUT2D eigenvalue weighted by Crippen LogP contribution is -2.14. The van der Waals surface area contributed by atoms with Crippen molar-refractivity contribution < 1.29 is 9.66 Å². The molecule has 0 aliphatic carbocycles. The first-order valence-electron chi connectivity index (χ1n) is 5.71. The van der Waals surface area contributed by atoms with Crippen LogP contribution in [0, 0.1) is 27.4 Å². The molecule has 1 aliphatic rings. The highest BCUT2D eigenvalue weighted by Gasteiger charge is 2.17. The van der Waals surface area contributed by atoms with Crippen LogP contribution in [0.5, 0.6) is 0 Å². The minimum Gasteiger partial charge on any atom is -0.384 e. The van der Waals surface area contributed by atoms with E-state index < -0.39 is 4.92 Å². The van der Waals surface area contributed by atoms with Crippen molar-refractivity contribution in [2.75, 3.05) is 25.1 Å². The fraction of sp³-hybridized carbons (Fsp3) is 0.417. The molecule has 0 spiro atoms. The van der Waals surface area contributed by atoms with E-state index in [1.807, 2.05) is 6.07 Å². The predicted octanol–water partition coefficient (Wildman–Crippen LogP) is 1.91. The Morgan fingerprint density at radius 2 is 2.44 bits per heavy atom. The van der Waals surface area contributed by atoms with Gasteiger partial charge in [0.05, 0.1) is 11.5 Å². The maximum absolute atomic E-state index is 10.8. The van der Waals surface area contributed by atoms with Gasteiger partial charge in [-0.05, 0) is 18.6 Å². The molecule has 0 bridgehead atoms. The highest BCUT2D eigenvalue weighted by atomic mass is 16.6. The maximum atomic E-state index is 10.8. The molecule has 94 valence electrons. The van der Waals surface area contributed by atoms with E-state index in [-0.39, 0.29) is 11.3 Å². The SMILES string of the molecule is N#Cc1ccc(NCC2CCOC2)cc1[N+](=O)[O-]. The van der Waals surface area contributed by atoms with Crippen molar-refractivity contribution in [1.29, 1.82) is 5.26 Å². The number of nitro benzene ring substituents is 1. The van der Waals surface area contributed by atoms with Gasteiger partial charge in [0.2, 0.25) is 0 Å². The van der Waals surface area contributed by atoms with Crippen LogP contribution in [-0.2, 0) is 4.74 Å². The predicted molar refractivity (Wildman–Crippen MR) is 65.2 cm³/mol. The standard InChI is InChI=1S/C12H13N3O3/c13-6-10-1-2-11(5-12(10)15(16)17)14-7-9-3-4-18-8-9/h1-2,5,9,14H,3-4,7-8H2. The fourth-order valence-electron chi connectivity index (χ4n) is 1.89. The third-order valence-electron chi connectivity index (χ3n) is 2.93. The molecule has 1 aromatic carbocycles. The molecule has 1 fully saturated rings. The molecule has 1 saturated heterocycles. The van der Waals surface area contributed by atoms with E-state index in [1.165, 1.54) is 12.1 Å². The van der Waals surface area contributed by atoms with Gasteiger partial charge in [0.1, 0.15) is 11.6 Å². The molecule has 2 rings (SSSR count). The normalized spacial score (nSPS) is 18.3. The average Bonchev–Trinajstić information content (AvgIpc) is 2.89. The van der Waals surface area contributed by atoms with Gasteiger partial charge in [0, 0.05) is 30.8 Å². The van der Waals surface area contributed by atoms with Crippen LogP contribution in [0.4, 0.5) is 11.4 Å². The summed E-state index contributed by atoms with van der Waals surface area (Å²) in [6, 6.07) is 6.35. The molecule has 1 N–H and O–H groups in total. The van der Waals surface area contributed by atoms with E-state index in [0.717, 1.165) is 26.2 Å². The van der Waals surface area contributed by atoms with Crippen LogP contribution in [0.25, 0.3) is 0 Å². The van der Waals surface area contributed by atoms with Crippen LogP contribution in [0.2, 0.25) is 0 Å². The number of nitrogens with one attached hydrogen (secondary N) is 1. The summed E-state index contributed by atoms with van der Waals surface area (Å²) < 4.78 is 5.25. The maximum Gasteiger partial charge on any atom is 0.289 e. The number of nitrogens with zero attached hydrogens (tertiary/aromatic N) is 2. The summed E-state index contributed by atoms with van der Waals surface area (Å²) in [4.78, 5) is 10.3. The summed E-state index contributed by atoms with van der Waals surface area (Å²) in [6.07, 6.45) is 1.01. The van der Waals surface area contributed by atoms with Gasteiger partial charge in [-0.1, -0.05) is 0 Å². The van der Waals surface area contributed by atoms with Gasteiger partial charge in [-0.3, -0.25) is 10.1 Å². The summed E-state index contributed by atoms with van der Waals surface area (Å²) in [6.45, 7) is 2.23. The van der Waals surface area contributed by atoms with Gasteiger partial charge in [0.25, 0.3) is 5.69 Å². The van der Waals surface area contributed by atoms with E-state index in [4.69, 9.17) is 10.00 Å². The number of anilines is 1. The van der Waals surface area contributed by atoms with E-state index in [0.29, 0.717) is 11.6 Å². The Morgan fingerprint density at radius 1 is 1.61 bits per heavy atom. The van der Waals surface area contributed by atoms with Gasteiger partial charge in [-0.25, -0.2) is 0 Å². The fourth-order valence-corrected chi connectivity index (χ4v) is 1.89. The Labute approximate surface area is 104 Å². The van der Waals surface area contributed by atoms with Gasteiger partial charge < -0.3 is 10.1 Å². The average molecular weight is 247 g/mol. The van der Waals surface area contributed by atoms with Crippen molar-refractivity contribution >= 4 is 11.4 Å². The summed E-state index contributed by atoms with van der Waals surface area (Å²) in [5, 5.41) is 22.7. The number of nitriles is 1. The second-order valence-corrected chi connectivity index (χ2v) is 4.21. The number of ether oxygens (including phenoxy) is 1. The second-order valence-electron chi connectivity index (χ2n) is 4.21. The summed E-state index contributed by atoms with van der Waals surface area (Å²) in [7, 11) is 0. The van der Waals surface area contributed by atoms with Gasteiger partial charge in [-0.15, -0.1) is 0 Å². The molecule has 0 aromatic heterocycles. The van der Waals surface area contributed by atoms with E-state index in [2.05, 4.69) is 5.32 Å². The summed E-state index contributed by atoms with van der Waals surface area (Å²) in [5.41, 5.74) is 0.576. The molecule has 0 saturated carbocycles. The van der Waals surface area contributed by atoms with Crippen molar-refractivity contribution in [1.82, 2.24) is 0 Å². The van der Waals surface area contributed by atoms with Crippen molar-refractivity contribution in [2.24, 2.45) is 5.92 Å². The summed E-state index contributed by atoms with van der Waals surface area (Å²) >= 11 is 0. The minimum atomic E-state index is -0.539. The monoisotopic (exact) mass is 247 g/mol. The van der Waals surface area contributed by atoms with E-state index in [1.54, 1.807) is 6.07 Å². The van der Waals surface area contributed by atoms with Crippen molar-refractivity contribution in [3.05, 3.63) is 33.9 Å². The smallest absolute Gasteiger partial charge is 0.289 e. The number of hydrogen-bond donors (Lipinski definition) is 1. The van der Waals surface area contributed by atoms with Crippen LogP contribution in [0.1, 0.15) is 12.0 Å². The Bertz CT molecular complexity index is 490. The van der Waals surface area contributed by atoms with Crippen LogP contribution < -0.4 is 5.32 Å². The largest absolute Gasteiger partial charge is 0.384 e. The molecule has 1 aliphatic heterocycles. The number of rotatable bonds is 4. The van der Waals surface area contributed by atoms with Gasteiger partial charge in [-0.2, -0.15) is 5.26 Å². The lowest BCUT2D eigenvalue weighted by atomic mass is 10.1. The van der Waals surface area contributed by atoms with Crippen molar-refractivity contribution in [3.8, 4) is 6.07 Å². The minimum absolute atomic E-state index is 0.0785. The molecule has 0 amide bonds. The van der Waals surface area contributed by atoms with Gasteiger partial charge in [0.15, 0.2) is 0 Å². The molecule has 1 unspecified atom stereocenters. The van der Waals surface area contributed by atoms with E-state index >= 15 is 0 Å². The Hall–Kier alpha value is -2.13. The molecule has 6 heteroatoms. The first kappa shape index (κ1) is 12.3. The Morgan fingerprint density at radius 3 is 3.06 bits per heavy atom. The molecule has 1 atom stereocenters. The molecular weight excluding hydrogens is 234 g/mol. The number of nitro groups is 1. The Balaban J connectivity index is 2.07. The zero-order valence-corrected chi connectivity index (χ0v) is 9.76. The highest BCUT2D eigenvalue weighted by molar-refractivity contribution is 5.59. The van der Waals surface area contributed by atoms with E-state index in [9.17, 15) is 10.1 Å². The lowest BCUT2D eigenvalue weighted by Gasteiger charge is -2.10. The van der Waals surface area contributed by atoms with Crippen LogP contribution in [0.3, 0.4) is 0 Å². The highest BCUT2D eigenvalue weighted by Crippen LogP contribution is 2.23. The van der Waals surface area contributed by atoms with Crippen LogP contribution >= 0.6 is 0 Å². The van der Waals surface area contributed by atoms with Crippen molar-refractivity contribution in [3.63, 3.8) is 0 Å². The molecular formula is C12H13N3O3. The molecule has 1 heterocycles. The number of benzene rings is 1. The third kappa shape index (κ3) is 2.76. The quantitative estimate of drug-likeness (QED) is 0.648. The first-order valence-corrected chi connectivity index (χ1v) is 5.71. The molecule has 18 heavy (non-hydrogen) atoms. The second kappa shape index (κ2) is 5.47. The zero-order chi connectivity index (χ0) is 13.0. The number of hydrogen-bond acceptors (Lipinski definition) is 5. The molecule has 1 aromatic rings. The molecule has 6 nitrogen and oxygen atoms in total. The Kier molecular flexibility index (Phi) is 3.75. The summed E-state index contributed by atoms with van der Waals surface area (Å²) in [5.74, 6) is 0.444.